The number of likely N-dealkylation sites (N-methyl/N-ethyl adjacent to an activating group) is 1. The van der Waals surface area contributed by atoms with Crippen LogP contribution in [-0.4, -0.2) is 68.3 Å². The van der Waals surface area contributed by atoms with E-state index in [0.717, 1.165) is 54.0 Å². The second-order valence-corrected chi connectivity index (χ2v) is 7.09. The SMILES string of the molecule is CN1CCN(C(=O)c2c3c(-c4cccnc4)ncnc3n3ccccc23)CC1. The second kappa shape index (κ2) is 6.69. The molecule has 4 aromatic heterocycles. The van der Waals surface area contributed by atoms with E-state index in [9.17, 15) is 4.79 Å². The molecule has 0 N–H and O–H groups in total. The molecule has 1 amide bonds. The fourth-order valence-corrected chi connectivity index (χ4v) is 3.85. The molecule has 0 radical (unpaired) electrons. The summed E-state index contributed by atoms with van der Waals surface area (Å²) >= 11 is 0. The summed E-state index contributed by atoms with van der Waals surface area (Å²) in [7, 11) is 2.08. The first kappa shape index (κ1) is 16.8. The van der Waals surface area contributed by atoms with Crippen LogP contribution < -0.4 is 0 Å². The van der Waals surface area contributed by atoms with Gasteiger partial charge < -0.3 is 14.2 Å². The van der Waals surface area contributed by atoms with Crippen LogP contribution in [0.3, 0.4) is 0 Å². The zero-order valence-corrected chi connectivity index (χ0v) is 15.6. The highest BCUT2D eigenvalue weighted by Crippen LogP contribution is 2.33. The van der Waals surface area contributed by atoms with Gasteiger partial charge in [-0.1, -0.05) is 6.07 Å². The summed E-state index contributed by atoms with van der Waals surface area (Å²) < 4.78 is 1.97. The van der Waals surface area contributed by atoms with E-state index in [1.807, 2.05) is 45.8 Å². The van der Waals surface area contributed by atoms with Crippen LogP contribution in [0.1, 0.15) is 10.4 Å². The molecule has 1 aliphatic rings. The highest BCUT2D eigenvalue weighted by molar-refractivity contribution is 6.16. The number of fused-ring (bicyclic) bond motifs is 3. The molecule has 0 unspecified atom stereocenters. The van der Waals surface area contributed by atoms with Crippen molar-refractivity contribution in [3.05, 3.63) is 60.8 Å². The molecule has 5 rings (SSSR count). The van der Waals surface area contributed by atoms with Crippen LogP contribution in [0.2, 0.25) is 0 Å². The number of hydrogen-bond acceptors (Lipinski definition) is 5. The van der Waals surface area contributed by atoms with Crippen molar-refractivity contribution < 1.29 is 4.79 Å². The van der Waals surface area contributed by atoms with Gasteiger partial charge in [-0.05, 0) is 31.3 Å². The normalized spacial score (nSPS) is 15.4. The number of nitrogens with zero attached hydrogens (tertiary/aromatic N) is 6. The van der Waals surface area contributed by atoms with E-state index in [4.69, 9.17) is 0 Å². The van der Waals surface area contributed by atoms with Crippen molar-refractivity contribution in [1.29, 1.82) is 0 Å². The topological polar surface area (TPSA) is 66.6 Å². The van der Waals surface area contributed by atoms with E-state index in [1.54, 1.807) is 18.7 Å². The van der Waals surface area contributed by atoms with Gasteiger partial charge in [0.15, 0.2) is 0 Å². The third kappa shape index (κ3) is 2.63. The van der Waals surface area contributed by atoms with Crippen LogP contribution in [0.5, 0.6) is 0 Å². The summed E-state index contributed by atoms with van der Waals surface area (Å²) in [5.41, 5.74) is 3.87. The van der Waals surface area contributed by atoms with Crippen molar-refractivity contribution in [3.8, 4) is 11.3 Å². The molecule has 0 atom stereocenters. The molecule has 5 heterocycles. The Labute approximate surface area is 162 Å². The molecule has 7 nitrogen and oxygen atoms in total. The third-order valence-electron chi connectivity index (χ3n) is 5.36. The highest BCUT2D eigenvalue weighted by Gasteiger charge is 2.28. The molecule has 0 bridgehead atoms. The second-order valence-electron chi connectivity index (χ2n) is 7.09. The van der Waals surface area contributed by atoms with Crippen LogP contribution in [-0.2, 0) is 0 Å². The molecular formula is C21H20N6O. The fraction of sp³-hybridized carbons (Fsp3) is 0.238. The molecule has 1 fully saturated rings. The molecule has 0 aliphatic carbocycles. The molecule has 28 heavy (non-hydrogen) atoms. The van der Waals surface area contributed by atoms with Gasteiger partial charge in [0, 0.05) is 50.3 Å². The Balaban J connectivity index is 1.77. The predicted octanol–water partition coefficient (Wildman–Crippen LogP) is 2.33. The zero-order chi connectivity index (χ0) is 19.1. The molecule has 140 valence electrons. The van der Waals surface area contributed by atoms with Gasteiger partial charge in [0.25, 0.3) is 5.91 Å². The van der Waals surface area contributed by atoms with Gasteiger partial charge in [0.1, 0.15) is 12.0 Å². The summed E-state index contributed by atoms with van der Waals surface area (Å²) in [6, 6.07) is 9.70. The van der Waals surface area contributed by atoms with Crippen LogP contribution in [0.15, 0.2) is 55.2 Å². The van der Waals surface area contributed by atoms with E-state index in [0.29, 0.717) is 5.56 Å². The lowest BCUT2D eigenvalue weighted by Gasteiger charge is -2.32. The van der Waals surface area contributed by atoms with Gasteiger partial charge >= 0.3 is 0 Å². The Bertz CT molecular complexity index is 1160. The maximum atomic E-state index is 13.6. The first-order valence-corrected chi connectivity index (χ1v) is 9.36. The predicted molar refractivity (Wildman–Crippen MR) is 107 cm³/mol. The third-order valence-corrected chi connectivity index (χ3v) is 5.36. The summed E-state index contributed by atoms with van der Waals surface area (Å²) in [5.74, 6) is 0.0340. The minimum atomic E-state index is 0.0340. The van der Waals surface area contributed by atoms with Crippen molar-refractivity contribution in [1.82, 2.24) is 29.2 Å². The summed E-state index contributed by atoms with van der Waals surface area (Å²) in [6.07, 6.45) is 7.00. The monoisotopic (exact) mass is 372 g/mol. The molecule has 0 aromatic carbocycles. The Morgan fingerprint density at radius 1 is 1.04 bits per heavy atom. The van der Waals surface area contributed by atoms with Gasteiger partial charge in [0.05, 0.1) is 22.2 Å². The lowest BCUT2D eigenvalue weighted by molar-refractivity contribution is 0.0668. The fourth-order valence-electron chi connectivity index (χ4n) is 3.85. The van der Waals surface area contributed by atoms with Crippen LogP contribution in [0.25, 0.3) is 27.8 Å². The lowest BCUT2D eigenvalue weighted by Crippen LogP contribution is -2.47. The van der Waals surface area contributed by atoms with Crippen LogP contribution in [0.4, 0.5) is 0 Å². The Kier molecular flexibility index (Phi) is 4.02. The Morgan fingerprint density at radius 3 is 2.68 bits per heavy atom. The Morgan fingerprint density at radius 2 is 1.89 bits per heavy atom. The molecule has 4 aromatic rings. The van der Waals surface area contributed by atoms with Gasteiger partial charge in [0.2, 0.25) is 0 Å². The van der Waals surface area contributed by atoms with Gasteiger partial charge in [-0.15, -0.1) is 0 Å². The summed E-state index contributed by atoms with van der Waals surface area (Å²) in [4.78, 5) is 31.0. The zero-order valence-electron chi connectivity index (χ0n) is 15.6. The molecular weight excluding hydrogens is 352 g/mol. The van der Waals surface area contributed by atoms with Crippen molar-refractivity contribution >= 4 is 22.5 Å². The number of hydrogen-bond donors (Lipinski definition) is 0. The standard InChI is InChI=1S/C21H20N6O/c1-25-9-11-26(12-10-25)21(28)17-16-6-2-3-8-27(16)20-18(17)19(23-14-24-20)15-5-4-7-22-13-15/h2-8,13-14H,9-12H2,1H3. The number of amides is 1. The van der Waals surface area contributed by atoms with E-state index in [2.05, 4.69) is 26.9 Å². The number of aromatic nitrogens is 4. The van der Waals surface area contributed by atoms with E-state index < -0.39 is 0 Å². The van der Waals surface area contributed by atoms with Gasteiger partial charge in [-0.25, -0.2) is 9.97 Å². The number of carbonyl (C=O) groups is 1. The molecule has 7 heteroatoms. The summed E-state index contributed by atoms with van der Waals surface area (Å²) in [5, 5.41) is 0.783. The van der Waals surface area contributed by atoms with Crippen LogP contribution in [0, 0.1) is 0 Å². The number of rotatable bonds is 2. The van der Waals surface area contributed by atoms with Crippen molar-refractivity contribution in [3.63, 3.8) is 0 Å². The smallest absolute Gasteiger partial charge is 0.256 e. The maximum Gasteiger partial charge on any atom is 0.256 e. The van der Waals surface area contributed by atoms with E-state index in [1.165, 1.54) is 0 Å². The number of pyridine rings is 2. The average Bonchev–Trinajstić information content (AvgIpc) is 3.09. The maximum absolute atomic E-state index is 13.6. The molecule has 1 saturated heterocycles. The molecule has 0 saturated carbocycles. The quantitative estimate of drug-likeness (QED) is 0.540. The summed E-state index contributed by atoms with van der Waals surface area (Å²) in [6.45, 7) is 3.19. The highest BCUT2D eigenvalue weighted by atomic mass is 16.2. The Hall–Kier alpha value is -3.32. The molecule has 1 aliphatic heterocycles. The van der Waals surface area contributed by atoms with Gasteiger partial charge in [-0.3, -0.25) is 9.78 Å². The number of piperazine rings is 1. The van der Waals surface area contributed by atoms with Gasteiger partial charge in [-0.2, -0.15) is 0 Å². The number of carbonyl (C=O) groups excluding carboxylic acids is 1. The largest absolute Gasteiger partial charge is 0.336 e. The average molecular weight is 372 g/mol. The lowest BCUT2D eigenvalue weighted by atomic mass is 10.1. The minimum absolute atomic E-state index is 0.0340. The van der Waals surface area contributed by atoms with Crippen molar-refractivity contribution in [2.75, 3.05) is 33.2 Å². The van der Waals surface area contributed by atoms with E-state index in [-0.39, 0.29) is 5.91 Å². The van der Waals surface area contributed by atoms with E-state index >= 15 is 0 Å². The van der Waals surface area contributed by atoms with Crippen molar-refractivity contribution in [2.45, 2.75) is 0 Å². The minimum Gasteiger partial charge on any atom is -0.336 e. The first-order valence-electron chi connectivity index (χ1n) is 9.36. The first-order chi connectivity index (χ1) is 13.7. The van der Waals surface area contributed by atoms with Crippen molar-refractivity contribution in [2.24, 2.45) is 0 Å². The molecule has 0 spiro atoms. The van der Waals surface area contributed by atoms with Crippen LogP contribution >= 0.6 is 0 Å².